The number of primary amides is 1. The molecule has 0 fully saturated rings. The van der Waals surface area contributed by atoms with E-state index in [1.54, 1.807) is 31.2 Å². The Bertz CT molecular complexity index is 1270. The first-order chi connectivity index (χ1) is 15.5. The van der Waals surface area contributed by atoms with E-state index in [1.165, 1.54) is 0 Å². The molecule has 0 saturated heterocycles. The van der Waals surface area contributed by atoms with Crippen molar-refractivity contribution in [3.05, 3.63) is 95.3 Å². The third-order valence-electron chi connectivity index (χ3n) is 5.52. The Labute approximate surface area is 185 Å². The van der Waals surface area contributed by atoms with Gasteiger partial charge >= 0.3 is 0 Å². The zero-order valence-electron chi connectivity index (χ0n) is 17.9. The predicted octanol–water partition coefficient (Wildman–Crippen LogP) is 3.73. The number of rotatable bonds is 7. The number of aromatic nitrogens is 2. The number of hydrogen-bond donors (Lipinski definition) is 2. The Morgan fingerprint density at radius 3 is 2.50 bits per heavy atom. The fourth-order valence-electron chi connectivity index (χ4n) is 3.84. The topological polar surface area (TPSA) is 101 Å². The van der Waals surface area contributed by atoms with Crippen LogP contribution >= 0.6 is 0 Å². The lowest BCUT2D eigenvalue weighted by atomic mass is 9.96. The Kier molecular flexibility index (Phi) is 5.89. The molecule has 32 heavy (non-hydrogen) atoms. The van der Waals surface area contributed by atoms with Crippen LogP contribution in [0.15, 0.2) is 72.8 Å². The molecule has 3 N–H and O–H groups in total. The predicted molar refractivity (Wildman–Crippen MR) is 123 cm³/mol. The Balaban J connectivity index is 1.73. The average Bonchev–Trinajstić information content (AvgIpc) is 3.26. The van der Waals surface area contributed by atoms with Crippen molar-refractivity contribution in [3.63, 3.8) is 0 Å². The number of benzene rings is 3. The van der Waals surface area contributed by atoms with Crippen LogP contribution in [0.4, 0.5) is 0 Å². The fourth-order valence-corrected chi connectivity index (χ4v) is 3.84. The van der Waals surface area contributed by atoms with Gasteiger partial charge in [-0.2, -0.15) is 0 Å². The number of para-hydroxylation sites is 1. The molecule has 4 aromatic rings. The molecule has 1 unspecified atom stereocenters. The number of nitrogens with zero attached hydrogens (tertiary/aromatic N) is 2. The highest BCUT2D eigenvalue weighted by atomic mass is 16.5. The maximum Gasteiger partial charge on any atom is 0.284 e. The van der Waals surface area contributed by atoms with Crippen molar-refractivity contribution >= 4 is 22.8 Å². The summed E-state index contributed by atoms with van der Waals surface area (Å²) in [6.45, 7) is 0. The van der Waals surface area contributed by atoms with E-state index < -0.39 is 5.91 Å². The van der Waals surface area contributed by atoms with Gasteiger partial charge in [-0.3, -0.25) is 9.59 Å². The summed E-state index contributed by atoms with van der Waals surface area (Å²) in [5.74, 6) is 0.137. The van der Waals surface area contributed by atoms with Gasteiger partial charge < -0.3 is 20.4 Å². The van der Waals surface area contributed by atoms with Gasteiger partial charge in [0.15, 0.2) is 5.82 Å². The minimum absolute atomic E-state index is 0.0848. The largest absolute Gasteiger partial charge is 0.496 e. The van der Waals surface area contributed by atoms with Crippen LogP contribution in [-0.4, -0.2) is 40.8 Å². The summed E-state index contributed by atoms with van der Waals surface area (Å²) in [6.07, 6.45) is 0.532. The number of ether oxygens (including phenoxy) is 1. The van der Waals surface area contributed by atoms with Gasteiger partial charge in [-0.1, -0.05) is 42.5 Å². The Hall–Kier alpha value is -4.13. The van der Waals surface area contributed by atoms with E-state index >= 15 is 0 Å². The van der Waals surface area contributed by atoms with Gasteiger partial charge in [0, 0.05) is 18.2 Å². The zero-order valence-corrected chi connectivity index (χ0v) is 17.9. The number of amides is 2. The maximum atomic E-state index is 13.3. The molecular weight excluding hydrogens is 404 g/mol. The molecule has 2 amide bonds. The molecule has 4 rings (SSSR count). The van der Waals surface area contributed by atoms with E-state index in [-0.39, 0.29) is 17.8 Å². The lowest BCUT2D eigenvalue weighted by Gasteiger charge is -2.30. The highest BCUT2D eigenvalue weighted by Gasteiger charge is 2.26. The molecule has 1 heterocycles. The van der Waals surface area contributed by atoms with Gasteiger partial charge in [0.25, 0.3) is 11.8 Å². The Morgan fingerprint density at radius 2 is 1.78 bits per heavy atom. The van der Waals surface area contributed by atoms with Crippen molar-refractivity contribution in [2.24, 2.45) is 5.73 Å². The normalized spacial score (nSPS) is 11.8. The third kappa shape index (κ3) is 4.18. The molecule has 0 aliphatic rings. The molecule has 1 atom stereocenters. The van der Waals surface area contributed by atoms with Gasteiger partial charge in [0.05, 0.1) is 24.2 Å². The molecule has 0 radical (unpaired) electrons. The minimum atomic E-state index is -0.608. The smallest absolute Gasteiger partial charge is 0.284 e. The second-order valence-electron chi connectivity index (χ2n) is 7.55. The number of methoxy groups -OCH3 is 1. The van der Waals surface area contributed by atoms with Gasteiger partial charge in [-0.15, -0.1) is 0 Å². The van der Waals surface area contributed by atoms with E-state index in [9.17, 15) is 9.59 Å². The highest BCUT2D eigenvalue weighted by Crippen LogP contribution is 2.32. The molecule has 0 bridgehead atoms. The summed E-state index contributed by atoms with van der Waals surface area (Å²) in [7, 11) is 3.42. The Morgan fingerprint density at radius 1 is 1.06 bits per heavy atom. The van der Waals surface area contributed by atoms with Crippen LogP contribution in [0.3, 0.4) is 0 Å². The minimum Gasteiger partial charge on any atom is -0.496 e. The van der Waals surface area contributed by atoms with E-state index in [0.717, 1.165) is 16.6 Å². The first-order valence-electron chi connectivity index (χ1n) is 10.2. The SMILES string of the molecule is COc1ccccc1C(Cc1ccc2[nH]c(C(N)=O)nc2c1)N(C)C(=O)c1ccccc1. The van der Waals surface area contributed by atoms with E-state index in [4.69, 9.17) is 10.5 Å². The van der Waals surface area contributed by atoms with Crippen molar-refractivity contribution < 1.29 is 14.3 Å². The zero-order chi connectivity index (χ0) is 22.7. The summed E-state index contributed by atoms with van der Waals surface area (Å²) in [5, 5.41) is 0. The second-order valence-corrected chi connectivity index (χ2v) is 7.55. The number of fused-ring (bicyclic) bond motifs is 1. The summed E-state index contributed by atoms with van der Waals surface area (Å²) >= 11 is 0. The standard InChI is InChI=1S/C25H24N4O3/c1-29(25(31)17-8-4-3-5-9-17)21(18-10-6-7-11-22(18)32-2)15-16-12-13-19-20(14-16)28-24(27-19)23(26)30/h3-14,21H,15H2,1-2H3,(H2,26,30)(H,27,28). The summed E-state index contributed by atoms with van der Waals surface area (Å²) in [6, 6.07) is 22.3. The van der Waals surface area contributed by atoms with Crippen LogP contribution in [0.25, 0.3) is 11.0 Å². The van der Waals surface area contributed by atoms with Crippen LogP contribution in [0.5, 0.6) is 5.75 Å². The van der Waals surface area contributed by atoms with Crippen molar-refractivity contribution in [2.45, 2.75) is 12.5 Å². The van der Waals surface area contributed by atoms with Crippen molar-refractivity contribution in [2.75, 3.05) is 14.2 Å². The monoisotopic (exact) mass is 428 g/mol. The van der Waals surface area contributed by atoms with Crippen LogP contribution in [0.1, 0.15) is 38.1 Å². The van der Waals surface area contributed by atoms with Crippen molar-refractivity contribution in [1.29, 1.82) is 0 Å². The van der Waals surface area contributed by atoms with Crippen molar-refractivity contribution in [1.82, 2.24) is 14.9 Å². The fraction of sp³-hybridized carbons (Fsp3) is 0.160. The van der Waals surface area contributed by atoms with E-state index in [2.05, 4.69) is 9.97 Å². The highest BCUT2D eigenvalue weighted by molar-refractivity contribution is 5.94. The second kappa shape index (κ2) is 8.93. The average molecular weight is 428 g/mol. The maximum absolute atomic E-state index is 13.3. The molecule has 7 heteroatoms. The number of nitrogens with one attached hydrogen (secondary N) is 1. The molecule has 0 aliphatic heterocycles. The number of carbonyl (C=O) groups is 2. The molecule has 7 nitrogen and oxygen atoms in total. The summed E-state index contributed by atoms with van der Waals surface area (Å²) in [5.41, 5.74) is 9.20. The molecule has 0 spiro atoms. The van der Waals surface area contributed by atoms with Gasteiger partial charge in [0.1, 0.15) is 5.75 Å². The lowest BCUT2D eigenvalue weighted by Crippen LogP contribution is -2.32. The molecule has 1 aromatic heterocycles. The van der Waals surface area contributed by atoms with E-state index in [0.29, 0.717) is 23.3 Å². The number of imidazole rings is 1. The van der Waals surface area contributed by atoms with Crippen LogP contribution in [0.2, 0.25) is 0 Å². The summed E-state index contributed by atoms with van der Waals surface area (Å²) in [4.78, 5) is 33.6. The molecule has 0 saturated carbocycles. The number of likely N-dealkylation sites (N-methyl/N-ethyl adjacent to an activating group) is 1. The molecule has 3 aromatic carbocycles. The number of nitrogens with two attached hydrogens (primary N) is 1. The quantitative estimate of drug-likeness (QED) is 0.468. The first-order valence-corrected chi connectivity index (χ1v) is 10.2. The molecule has 0 aliphatic carbocycles. The van der Waals surface area contributed by atoms with E-state index in [1.807, 2.05) is 60.7 Å². The lowest BCUT2D eigenvalue weighted by molar-refractivity contribution is 0.0727. The number of hydrogen-bond acceptors (Lipinski definition) is 4. The summed E-state index contributed by atoms with van der Waals surface area (Å²) < 4.78 is 5.59. The van der Waals surface area contributed by atoms with Gasteiger partial charge in [-0.25, -0.2) is 4.98 Å². The van der Waals surface area contributed by atoms with Crippen LogP contribution in [0, 0.1) is 0 Å². The van der Waals surface area contributed by atoms with Crippen LogP contribution in [-0.2, 0) is 6.42 Å². The molecular formula is C25H24N4O3. The number of H-pyrrole nitrogens is 1. The number of aromatic amines is 1. The van der Waals surface area contributed by atoms with Crippen LogP contribution < -0.4 is 10.5 Å². The first kappa shape index (κ1) is 21.1. The third-order valence-corrected chi connectivity index (χ3v) is 5.52. The molecule has 162 valence electrons. The number of carbonyl (C=O) groups excluding carboxylic acids is 2. The van der Waals surface area contributed by atoms with Crippen molar-refractivity contribution in [3.8, 4) is 5.75 Å². The van der Waals surface area contributed by atoms with Gasteiger partial charge in [-0.05, 0) is 42.3 Å². The van der Waals surface area contributed by atoms with Gasteiger partial charge in [0.2, 0.25) is 0 Å².